The van der Waals surface area contributed by atoms with Crippen LogP contribution in [-0.2, 0) is 5.41 Å². The van der Waals surface area contributed by atoms with Crippen molar-refractivity contribution in [3.8, 4) is 5.75 Å². The van der Waals surface area contributed by atoms with Crippen molar-refractivity contribution in [3.63, 3.8) is 0 Å². The van der Waals surface area contributed by atoms with Crippen LogP contribution in [0.25, 0.3) is 0 Å². The summed E-state index contributed by atoms with van der Waals surface area (Å²) in [6, 6.07) is 6.35. The predicted octanol–water partition coefficient (Wildman–Crippen LogP) is 3.76. The van der Waals surface area contributed by atoms with Gasteiger partial charge >= 0.3 is 0 Å². The fourth-order valence-corrected chi connectivity index (χ4v) is 3.06. The lowest BCUT2D eigenvalue weighted by Crippen LogP contribution is -2.40. The Morgan fingerprint density at radius 2 is 1.91 bits per heavy atom. The van der Waals surface area contributed by atoms with Gasteiger partial charge in [0, 0.05) is 6.54 Å². The monoisotopic (exact) mass is 319 g/mol. The van der Waals surface area contributed by atoms with Crippen LogP contribution < -0.4 is 4.74 Å². The van der Waals surface area contributed by atoms with Gasteiger partial charge in [-0.3, -0.25) is 0 Å². The summed E-state index contributed by atoms with van der Waals surface area (Å²) in [4.78, 5) is 2.35. The second-order valence-electron chi connectivity index (χ2n) is 8.18. The molecule has 1 fully saturated rings. The van der Waals surface area contributed by atoms with Crippen LogP contribution in [0.15, 0.2) is 18.2 Å². The van der Waals surface area contributed by atoms with Gasteiger partial charge in [0.2, 0.25) is 0 Å². The summed E-state index contributed by atoms with van der Waals surface area (Å²) in [7, 11) is 0. The number of β-amino-alcohol motifs (C(OH)–C–C–N with tert-alkyl or cyclic N) is 1. The molecule has 0 aliphatic carbocycles. The number of nitrogens with zero attached hydrogens (tertiary/aromatic N) is 1. The molecule has 1 aromatic carbocycles. The number of hydrogen-bond donors (Lipinski definition) is 1. The standard InChI is InChI=1S/C20H33NO2/c1-15-8-10-21(11-9-15)13-18(22)14-23-19-7-6-17(12-16(19)2)20(3,4)5/h6-7,12,15,18,22H,8-11,13-14H2,1-5H3. The first-order valence-corrected chi connectivity index (χ1v) is 8.90. The van der Waals surface area contributed by atoms with E-state index in [0.717, 1.165) is 30.3 Å². The van der Waals surface area contributed by atoms with E-state index in [1.54, 1.807) is 0 Å². The minimum atomic E-state index is -0.426. The number of likely N-dealkylation sites (tertiary alicyclic amines) is 1. The molecule has 0 amide bonds. The zero-order chi connectivity index (χ0) is 17.0. The third-order valence-electron chi connectivity index (χ3n) is 4.82. The Morgan fingerprint density at radius 3 is 2.48 bits per heavy atom. The van der Waals surface area contributed by atoms with Gasteiger partial charge < -0.3 is 14.7 Å². The van der Waals surface area contributed by atoms with Gasteiger partial charge in [-0.05, 0) is 61.4 Å². The van der Waals surface area contributed by atoms with E-state index < -0.39 is 6.10 Å². The SMILES string of the molecule is Cc1cc(C(C)(C)C)ccc1OCC(O)CN1CCC(C)CC1. The molecule has 0 aromatic heterocycles. The van der Waals surface area contributed by atoms with E-state index >= 15 is 0 Å². The molecule has 0 radical (unpaired) electrons. The van der Waals surface area contributed by atoms with Gasteiger partial charge in [0.1, 0.15) is 18.5 Å². The molecular weight excluding hydrogens is 286 g/mol. The van der Waals surface area contributed by atoms with Gasteiger partial charge in [0.15, 0.2) is 0 Å². The Hall–Kier alpha value is -1.06. The molecule has 1 unspecified atom stereocenters. The number of aliphatic hydroxyl groups excluding tert-OH is 1. The molecule has 1 aliphatic heterocycles. The summed E-state index contributed by atoms with van der Waals surface area (Å²) < 4.78 is 5.85. The topological polar surface area (TPSA) is 32.7 Å². The fraction of sp³-hybridized carbons (Fsp3) is 0.700. The third kappa shape index (κ3) is 5.50. The van der Waals surface area contributed by atoms with E-state index in [-0.39, 0.29) is 5.41 Å². The quantitative estimate of drug-likeness (QED) is 0.897. The molecule has 1 N–H and O–H groups in total. The van der Waals surface area contributed by atoms with Crippen molar-refractivity contribution < 1.29 is 9.84 Å². The maximum absolute atomic E-state index is 10.2. The van der Waals surface area contributed by atoms with Crippen molar-refractivity contribution in [2.75, 3.05) is 26.2 Å². The van der Waals surface area contributed by atoms with Crippen molar-refractivity contribution in [2.24, 2.45) is 5.92 Å². The highest BCUT2D eigenvalue weighted by Crippen LogP contribution is 2.27. The lowest BCUT2D eigenvalue weighted by atomic mass is 9.86. The first-order valence-electron chi connectivity index (χ1n) is 8.90. The Morgan fingerprint density at radius 1 is 1.26 bits per heavy atom. The number of ether oxygens (including phenoxy) is 1. The maximum atomic E-state index is 10.2. The molecule has 3 heteroatoms. The Kier molecular flexibility index (Phi) is 6.10. The highest BCUT2D eigenvalue weighted by atomic mass is 16.5. The van der Waals surface area contributed by atoms with Crippen LogP contribution >= 0.6 is 0 Å². The average Bonchev–Trinajstić information content (AvgIpc) is 2.47. The second-order valence-corrected chi connectivity index (χ2v) is 8.18. The maximum Gasteiger partial charge on any atom is 0.122 e. The normalized spacial score (nSPS) is 18.9. The largest absolute Gasteiger partial charge is 0.491 e. The first-order chi connectivity index (χ1) is 10.8. The third-order valence-corrected chi connectivity index (χ3v) is 4.82. The van der Waals surface area contributed by atoms with Gasteiger partial charge in [-0.25, -0.2) is 0 Å². The smallest absolute Gasteiger partial charge is 0.122 e. The minimum Gasteiger partial charge on any atom is -0.491 e. The predicted molar refractivity (Wildman–Crippen MR) is 96.2 cm³/mol. The molecule has 1 saturated heterocycles. The number of hydrogen-bond acceptors (Lipinski definition) is 3. The number of rotatable bonds is 5. The van der Waals surface area contributed by atoms with Crippen LogP contribution in [0.1, 0.15) is 51.7 Å². The number of piperidine rings is 1. The molecule has 1 heterocycles. The molecule has 0 bridgehead atoms. The van der Waals surface area contributed by atoms with Gasteiger partial charge in [0.05, 0.1) is 0 Å². The van der Waals surface area contributed by atoms with E-state index in [9.17, 15) is 5.11 Å². The van der Waals surface area contributed by atoms with Crippen LogP contribution in [0.5, 0.6) is 5.75 Å². The zero-order valence-electron chi connectivity index (χ0n) is 15.4. The molecule has 1 atom stereocenters. The molecule has 23 heavy (non-hydrogen) atoms. The van der Waals surface area contributed by atoms with E-state index in [4.69, 9.17) is 4.74 Å². The molecule has 3 nitrogen and oxygen atoms in total. The van der Waals surface area contributed by atoms with Crippen LogP contribution in [0.3, 0.4) is 0 Å². The van der Waals surface area contributed by atoms with Gasteiger partial charge in [-0.2, -0.15) is 0 Å². The molecule has 2 rings (SSSR count). The molecule has 1 aliphatic rings. The van der Waals surface area contributed by atoms with Gasteiger partial charge in [-0.1, -0.05) is 39.8 Å². The Balaban J connectivity index is 1.83. The first kappa shape index (κ1) is 18.3. The van der Waals surface area contributed by atoms with Crippen molar-refractivity contribution in [1.82, 2.24) is 4.90 Å². The number of aryl methyl sites for hydroxylation is 1. The molecular formula is C20H33NO2. The van der Waals surface area contributed by atoms with Crippen LogP contribution in [-0.4, -0.2) is 42.4 Å². The lowest BCUT2D eigenvalue weighted by Gasteiger charge is -2.31. The number of aliphatic hydroxyl groups is 1. The highest BCUT2D eigenvalue weighted by molar-refractivity contribution is 5.38. The van der Waals surface area contributed by atoms with Crippen molar-refractivity contribution >= 4 is 0 Å². The van der Waals surface area contributed by atoms with E-state index in [1.807, 2.05) is 6.07 Å². The summed E-state index contributed by atoms with van der Waals surface area (Å²) in [5.41, 5.74) is 2.59. The van der Waals surface area contributed by atoms with Crippen LogP contribution in [0, 0.1) is 12.8 Å². The van der Waals surface area contributed by atoms with Crippen LogP contribution in [0.4, 0.5) is 0 Å². The van der Waals surface area contributed by atoms with Gasteiger partial charge in [-0.15, -0.1) is 0 Å². The Bertz CT molecular complexity index is 499. The van der Waals surface area contributed by atoms with Gasteiger partial charge in [0.25, 0.3) is 0 Å². The van der Waals surface area contributed by atoms with E-state index in [0.29, 0.717) is 13.2 Å². The molecule has 0 saturated carbocycles. The summed E-state index contributed by atoms with van der Waals surface area (Å²) >= 11 is 0. The van der Waals surface area contributed by atoms with E-state index in [2.05, 4.69) is 51.7 Å². The highest BCUT2D eigenvalue weighted by Gasteiger charge is 2.19. The second kappa shape index (κ2) is 7.67. The number of benzene rings is 1. The summed E-state index contributed by atoms with van der Waals surface area (Å²) in [6.45, 7) is 14.3. The molecule has 0 spiro atoms. The average molecular weight is 319 g/mol. The zero-order valence-corrected chi connectivity index (χ0v) is 15.4. The van der Waals surface area contributed by atoms with Crippen molar-refractivity contribution in [3.05, 3.63) is 29.3 Å². The molecule has 1 aromatic rings. The van der Waals surface area contributed by atoms with Crippen LogP contribution in [0.2, 0.25) is 0 Å². The van der Waals surface area contributed by atoms with Crippen molar-refractivity contribution in [1.29, 1.82) is 0 Å². The molecule has 130 valence electrons. The Labute approximate surface area is 141 Å². The fourth-order valence-electron chi connectivity index (χ4n) is 3.06. The minimum absolute atomic E-state index is 0.147. The van der Waals surface area contributed by atoms with Crippen molar-refractivity contribution in [2.45, 2.75) is 59.0 Å². The lowest BCUT2D eigenvalue weighted by molar-refractivity contribution is 0.0561. The summed E-state index contributed by atoms with van der Waals surface area (Å²) in [5, 5.41) is 10.2. The van der Waals surface area contributed by atoms with E-state index in [1.165, 1.54) is 18.4 Å². The summed E-state index contributed by atoms with van der Waals surface area (Å²) in [5.74, 6) is 1.70. The summed E-state index contributed by atoms with van der Waals surface area (Å²) in [6.07, 6.45) is 2.05.